The van der Waals surface area contributed by atoms with Gasteiger partial charge in [0.2, 0.25) is 0 Å². The Morgan fingerprint density at radius 3 is 2.29 bits per heavy atom. The molecule has 4 aromatic rings. The molecule has 4 rings (SSSR count). The second-order valence-corrected chi connectivity index (χ2v) is 8.42. The van der Waals surface area contributed by atoms with Crippen LogP contribution in [-0.4, -0.2) is 17.5 Å². The first-order valence-corrected chi connectivity index (χ1v) is 11.4. The van der Waals surface area contributed by atoms with Crippen molar-refractivity contribution in [1.29, 1.82) is 0 Å². The van der Waals surface area contributed by atoms with E-state index < -0.39 is 0 Å². The number of ether oxygens (including phenoxy) is 2. The minimum atomic E-state index is -0.0436. The number of benzene rings is 3. The molecule has 0 saturated carbocycles. The molecule has 3 aromatic carbocycles. The van der Waals surface area contributed by atoms with Gasteiger partial charge in [-0.05, 0) is 83.8 Å². The van der Waals surface area contributed by atoms with Crippen LogP contribution in [0.15, 0.2) is 97.3 Å². The van der Waals surface area contributed by atoms with Gasteiger partial charge in [-0.3, -0.25) is 4.79 Å². The van der Waals surface area contributed by atoms with E-state index in [1.54, 1.807) is 13.2 Å². The van der Waals surface area contributed by atoms with Gasteiger partial charge in [0.1, 0.15) is 18.1 Å². The summed E-state index contributed by atoms with van der Waals surface area (Å²) in [6.07, 6.45) is 7.37. The highest BCUT2D eigenvalue weighted by atomic mass is 16.5. The maximum absolute atomic E-state index is 12.7. The topological polar surface area (TPSA) is 40.5 Å². The first kappa shape index (κ1) is 23.1. The van der Waals surface area contributed by atoms with Gasteiger partial charge in [0.05, 0.1) is 7.11 Å². The maximum Gasteiger partial charge on any atom is 0.185 e. The summed E-state index contributed by atoms with van der Waals surface area (Å²) in [7, 11) is 1.65. The molecule has 1 heterocycles. The largest absolute Gasteiger partial charge is 0.496 e. The van der Waals surface area contributed by atoms with Crippen molar-refractivity contribution in [2.75, 3.05) is 7.11 Å². The predicted octanol–water partition coefficient (Wildman–Crippen LogP) is 7.08. The number of methoxy groups -OCH3 is 1. The van der Waals surface area contributed by atoms with Crippen LogP contribution >= 0.6 is 0 Å². The molecule has 0 amide bonds. The Balaban J connectivity index is 1.43. The van der Waals surface area contributed by atoms with Gasteiger partial charge in [0, 0.05) is 29.2 Å². The number of rotatable bonds is 9. The molecular weight excluding hydrogens is 422 g/mol. The number of nitrogens with zero attached hydrogens (tertiary/aromatic N) is 1. The lowest BCUT2D eigenvalue weighted by atomic mass is 10.0. The van der Waals surface area contributed by atoms with E-state index in [9.17, 15) is 4.79 Å². The maximum atomic E-state index is 12.7. The van der Waals surface area contributed by atoms with Crippen LogP contribution in [0.25, 0.3) is 11.8 Å². The van der Waals surface area contributed by atoms with Crippen molar-refractivity contribution in [3.8, 4) is 17.2 Å². The van der Waals surface area contributed by atoms with Crippen LogP contribution in [0.5, 0.6) is 11.5 Å². The summed E-state index contributed by atoms with van der Waals surface area (Å²) in [5, 5.41) is 0. The van der Waals surface area contributed by atoms with Crippen molar-refractivity contribution in [2.24, 2.45) is 0 Å². The Bertz CT molecular complexity index is 1250. The molecule has 0 aliphatic heterocycles. The molecule has 0 spiro atoms. The summed E-state index contributed by atoms with van der Waals surface area (Å²) in [5.74, 6) is 2.00. The fourth-order valence-electron chi connectivity index (χ4n) is 3.70. The number of ketones is 1. The first-order valence-electron chi connectivity index (χ1n) is 11.4. The molecule has 0 bridgehead atoms. The number of carbonyl (C=O) groups is 1. The SMILES string of the molecule is COc1ccc(/C=C/C(=O)c2ccc(-n3cccc3)cc2)cc1COc1ccc(C(C)C)cc1. The van der Waals surface area contributed by atoms with Gasteiger partial charge in [-0.25, -0.2) is 0 Å². The summed E-state index contributed by atoms with van der Waals surface area (Å²) in [6, 6.07) is 25.5. The van der Waals surface area contributed by atoms with E-state index in [0.717, 1.165) is 28.3 Å². The number of allylic oxidation sites excluding steroid dienone is 1. The minimum Gasteiger partial charge on any atom is -0.496 e. The van der Waals surface area contributed by atoms with Crippen LogP contribution in [0.3, 0.4) is 0 Å². The van der Waals surface area contributed by atoms with Crippen LogP contribution in [0.2, 0.25) is 0 Å². The fraction of sp³-hybridized carbons (Fsp3) is 0.167. The Kier molecular flexibility index (Phi) is 7.28. The average Bonchev–Trinajstić information content (AvgIpc) is 3.41. The van der Waals surface area contributed by atoms with Crippen LogP contribution in [0.1, 0.15) is 46.8 Å². The number of hydrogen-bond donors (Lipinski definition) is 0. The highest BCUT2D eigenvalue weighted by molar-refractivity contribution is 6.06. The predicted molar refractivity (Wildman–Crippen MR) is 137 cm³/mol. The van der Waals surface area contributed by atoms with E-state index in [1.807, 2.05) is 89.8 Å². The van der Waals surface area contributed by atoms with Crippen LogP contribution in [-0.2, 0) is 6.61 Å². The molecule has 0 fully saturated rings. The number of aromatic nitrogens is 1. The summed E-state index contributed by atoms with van der Waals surface area (Å²) in [4.78, 5) is 12.7. The standard InChI is InChI=1S/C30H29NO3/c1-22(2)24-10-14-28(15-11-24)34-21-26-20-23(7-17-30(26)33-3)6-16-29(32)25-8-12-27(13-9-25)31-18-4-5-19-31/h4-20,22H,21H2,1-3H3/b16-6+. The molecule has 0 unspecified atom stereocenters. The second-order valence-electron chi connectivity index (χ2n) is 8.42. The fourth-order valence-corrected chi connectivity index (χ4v) is 3.70. The molecule has 0 aliphatic carbocycles. The van der Waals surface area contributed by atoms with E-state index in [2.05, 4.69) is 26.0 Å². The highest BCUT2D eigenvalue weighted by Gasteiger charge is 2.07. The van der Waals surface area contributed by atoms with Crippen molar-refractivity contribution >= 4 is 11.9 Å². The summed E-state index contributed by atoms with van der Waals surface area (Å²) >= 11 is 0. The van der Waals surface area contributed by atoms with E-state index in [1.165, 1.54) is 5.56 Å². The van der Waals surface area contributed by atoms with Crippen molar-refractivity contribution in [1.82, 2.24) is 4.57 Å². The molecule has 0 saturated heterocycles. The molecule has 1 aromatic heterocycles. The smallest absolute Gasteiger partial charge is 0.185 e. The molecule has 0 N–H and O–H groups in total. The summed E-state index contributed by atoms with van der Waals surface area (Å²) in [5.41, 5.74) is 4.77. The van der Waals surface area contributed by atoms with Crippen molar-refractivity contribution < 1.29 is 14.3 Å². The van der Waals surface area contributed by atoms with Crippen LogP contribution in [0, 0.1) is 0 Å². The molecule has 4 nitrogen and oxygen atoms in total. The second kappa shape index (κ2) is 10.7. The molecule has 34 heavy (non-hydrogen) atoms. The van der Waals surface area contributed by atoms with Crippen LogP contribution < -0.4 is 9.47 Å². The Morgan fingerprint density at radius 2 is 1.65 bits per heavy atom. The number of carbonyl (C=O) groups excluding carboxylic acids is 1. The quantitative estimate of drug-likeness (QED) is 0.202. The van der Waals surface area contributed by atoms with Gasteiger partial charge in [-0.2, -0.15) is 0 Å². The third kappa shape index (κ3) is 5.65. The van der Waals surface area contributed by atoms with Gasteiger partial charge in [0.25, 0.3) is 0 Å². The Morgan fingerprint density at radius 1 is 0.941 bits per heavy atom. The van der Waals surface area contributed by atoms with Gasteiger partial charge in [-0.1, -0.05) is 38.1 Å². The number of hydrogen-bond acceptors (Lipinski definition) is 3. The molecule has 4 heteroatoms. The summed E-state index contributed by atoms with van der Waals surface area (Å²) in [6.45, 7) is 4.72. The summed E-state index contributed by atoms with van der Waals surface area (Å²) < 4.78 is 13.5. The first-order chi connectivity index (χ1) is 16.5. The minimum absolute atomic E-state index is 0.0436. The zero-order chi connectivity index (χ0) is 23.9. The molecule has 0 atom stereocenters. The van der Waals surface area contributed by atoms with E-state index in [4.69, 9.17) is 9.47 Å². The highest BCUT2D eigenvalue weighted by Crippen LogP contribution is 2.24. The lowest BCUT2D eigenvalue weighted by Crippen LogP contribution is -2.00. The van der Waals surface area contributed by atoms with Crippen molar-refractivity contribution in [3.05, 3.63) is 120 Å². The average molecular weight is 452 g/mol. The lowest BCUT2D eigenvalue weighted by Gasteiger charge is -2.12. The molecule has 172 valence electrons. The molecule has 0 radical (unpaired) electrons. The van der Waals surface area contributed by atoms with Gasteiger partial charge < -0.3 is 14.0 Å². The Labute approximate surface area is 201 Å². The zero-order valence-electron chi connectivity index (χ0n) is 19.8. The monoisotopic (exact) mass is 451 g/mol. The third-order valence-corrected chi connectivity index (χ3v) is 5.73. The van der Waals surface area contributed by atoms with E-state index in [-0.39, 0.29) is 5.78 Å². The normalized spacial score (nSPS) is 11.2. The Hall–Kier alpha value is -4.05. The molecular formula is C30H29NO3. The third-order valence-electron chi connectivity index (χ3n) is 5.73. The van der Waals surface area contributed by atoms with Gasteiger partial charge >= 0.3 is 0 Å². The lowest BCUT2D eigenvalue weighted by molar-refractivity contribution is 0.104. The van der Waals surface area contributed by atoms with Crippen LogP contribution in [0.4, 0.5) is 0 Å². The van der Waals surface area contributed by atoms with Gasteiger partial charge in [0.15, 0.2) is 5.78 Å². The van der Waals surface area contributed by atoms with Crippen molar-refractivity contribution in [3.63, 3.8) is 0 Å². The molecule has 0 aliphatic rings. The van der Waals surface area contributed by atoms with E-state index in [0.29, 0.717) is 18.1 Å². The zero-order valence-corrected chi connectivity index (χ0v) is 19.8. The van der Waals surface area contributed by atoms with Gasteiger partial charge in [-0.15, -0.1) is 0 Å². The van der Waals surface area contributed by atoms with Crippen molar-refractivity contribution in [2.45, 2.75) is 26.4 Å². The van der Waals surface area contributed by atoms with E-state index >= 15 is 0 Å².